The van der Waals surface area contributed by atoms with Gasteiger partial charge in [-0.15, -0.1) is 0 Å². The Hall–Kier alpha value is -1.20. The maximum absolute atomic E-state index is 11.5. The Morgan fingerprint density at radius 3 is 2.21 bits per heavy atom. The van der Waals surface area contributed by atoms with Crippen LogP contribution < -0.4 is 14.6 Å². The summed E-state index contributed by atoms with van der Waals surface area (Å²) < 4.78 is 54.3. The molecule has 0 saturated carbocycles. The summed E-state index contributed by atoms with van der Waals surface area (Å²) in [4.78, 5) is -0.0946. The van der Waals surface area contributed by atoms with Crippen LogP contribution in [0.4, 0.5) is 5.69 Å². The quantitative estimate of drug-likeness (QED) is 0.570. The molecule has 0 aliphatic heterocycles. The van der Waals surface area contributed by atoms with Crippen LogP contribution in [0.2, 0.25) is 0 Å². The molecule has 1 aromatic rings. The number of primary sulfonamides is 1. The molecule has 0 aliphatic rings. The van der Waals surface area contributed by atoms with Crippen LogP contribution in [0.1, 0.15) is 0 Å². The summed E-state index contributed by atoms with van der Waals surface area (Å²) in [6.07, 6.45) is 0. The lowest BCUT2D eigenvalue weighted by atomic mass is 10.3. The molecule has 0 heterocycles. The highest BCUT2D eigenvalue weighted by Gasteiger charge is 2.11. The van der Waals surface area contributed by atoms with Crippen molar-refractivity contribution in [1.82, 2.24) is 4.72 Å². The lowest BCUT2D eigenvalue weighted by Crippen LogP contribution is -2.32. The summed E-state index contributed by atoms with van der Waals surface area (Å²) in [6.45, 7) is 0.367. The molecule has 0 amide bonds. The molecule has 0 atom stereocenters. The van der Waals surface area contributed by atoms with E-state index in [0.29, 0.717) is 0 Å². The first-order valence-corrected chi connectivity index (χ1v) is 8.17. The molecule has 108 valence electrons. The van der Waals surface area contributed by atoms with E-state index in [1.807, 2.05) is 0 Å². The number of sulfonamides is 1. The third kappa shape index (κ3) is 5.53. The zero-order chi connectivity index (χ0) is 14.5. The number of benzene rings is 1. The highest BCUT2D eigenvalue weighted by atomic mass is 32.2. The molecule has 0 aromatic heterocycles. The van der Waals surface area contributed by atoms with Crippen LogP contribution in [-0.4, -0.2) is 37.1 Å². The van der Waals surface area contributed by atoms with Gasteiger partial charge in [0.25, 0.3) is 10.2 Å². The van der Waals surface area contributed by atoms with Gasteiger partial charge in [0.05, 0.1) is 11.5 Å². The van der Waals surface area contributed by atoms with Gasteiger partial charge in [-0.2, -0.15) is 13.1 Å². The number of nitrogens with one attached hydrogen (secondary N) is 2. The van der Waals surface area contributed by atoms with Crippen LogP contribution >= 0.6 is 0 Å². The molecule has 10 heteroatoms. The lowest BCUT2D eigenvalue weighted by Gasteiger charge is -2.09. The molecule has 0 radical (unpaired) electrons. The van der Waals surface area contributed by atoms with Gasteiger partial charge in [-0.25, -0.2) is 13.6 Å². The van der Waals surface area contributed by atoms with Crippen molar-refractivity contribution in [3.8, 4) is 0 Å². The summed E-state index contributed by atoms with van der Waals surface area (Å²) in [5.74, 6) is 0. The molecule has 0 saturated heterocycles. The number of rotatable bonds is 7. The highest BCUT2D eigenvalue weighted by molar-refractivity contribution is 7.90. The van der Waals surface area contributed by atoms with Crippen molar-refractivity contribution in [2.75, 3.05) is 25.0 Å². The molecular formula is C9H15N3O5S2. The van der Waals surface area contributed by atoms with Crippen molar-refractivity contribution >= 4 is 25.9 Å². The Kier molecular flexibility index (Phi) is 5.26. The Balaban J connectivity index is 2.73. The second-order valence-electron chi connectivity index (χ2n) is 3.56. The Labute approximate surface area is 112 Å². The van der Waals surface area contributed by atoms with Gasteiger partial charge in [-0.05, 0) is 24.3 Å². The molecule has 0 aliphatic carbocycles. The SMILES string of the molecule is COCCNS(=O)(=O)Nc1ccc(S(N)(=O)=O)cc1. The van der Waals surface area contributed by atoms with Gasteiger partial charge < -0.3 is 4.74 Å². The summed E-state index contributed by atoms with van der Waals surface area (Å²) in [5, 5.41) is 4.92. The first-order valence-electron chi connectivity index (χ1n) is 5.14. The number of nitrogens with two attached hydrogens (primary N) is 1. The van der Waals surface area contributed by atoms with Gasteiger partial charge in [0.2, 0.25) is 10.0 Å². The number of anilines is 1. The maximum Gasteiger partial charge on any atom is 0.299 e. The largest absolute Gasteiger partial charge is 0.383 e. The van der Waals surface area contributed by atoms with Crippen LogP contribution in [0, 0.1) is 0 Å². The fraction of sp³-hybridized carbons (Fsp3) is 0.333. The molecule has 19 heavy (non-hydrogen) atoms. The number of hydrogen-bond donors (Lipinski definition) is 3. The van der Waals surface area contributed by atoms with E-state index < -0.39 is 20.2 Å². The molecular weight excluding hydrogens is 294 g/mol. The van der Waals surface area contributed by atoms with Crippen LogP contribution in [0.3, 0.4) is 0 Å². The average Bonchev–Trinajstić information content (AvgIpc) is 2.28. The van der Waals surface area contributed by atoms with Gasteiger partial charge in [0.1, 0.15) is 0 Å². The van der Waals surface area contributed by atoms with E-state index in [1.165, 1.54) is 31.4 Å². The first kappa shape index (κ1) is 15.9. The first-order chi connectivity index (χ1) is 8.74. The van der Waals surface area contributed by atoms with Crippen molar-refractivity contribution in [3.63, 3.8) is 0 Å². The van der Waals surface area contributed by atoms with Gasteiger partial charge in [0.15, 0.2) is 0 Å². The van der Waals surface area contributed by atoms with E-state index >= 15 is 0 Å². The Morgan fingerprint density at radius 2 is 1.74 bits per heavy atom. The van der Waals surface area contributed by atoms with Gasteiger partial charge in [-0.3, -0.25) is 4.72 Å². The smallest absolute Gasteiger partial charge is 0.299 e. The topological polar surface area (TPSA) is 128 Å². The minimum atomic E-state index is -3.79. The van der Waals surface area contributed by atoms with E-state index in [0.717, 1.165) is 0 Å². The molecule has 1 aromatic carbocycles. The molecule has 0 unspecified atom stereocenters. The second-order valence-corrected chi connectivity index (χ2v) is 6.62. The Morgan fingerprint density at radius 1 is 1.16 bits per heavy atom. The van der Waals surface area contributed by atoms with Crippen molar-refractivity contribution in [2.45, 2.75) is 4.90 Å². The second kappa shape index (κ2) is 6.30. The minimum Gasteiger partial charge on any atom is -0.383 e. The summed E-state index contributed by atoms with van der Waals surface area (Å²) in [6, 6.07) is 5.02. The molecule has 0 spiro atoms. The average molecular weight is 309 g/mol. The van der Waals surface area contributed by atoms with E-state index in [2.05, 4.69) is 9.44 Å². The molecule has 4 N–H and O–H groups in total. The van der Waals surface area contributed by atoms with Crippen molar-refractivity contribution in [3.05, 3.63) is 24.3 Å². The lowest BCUT2D eigenvalue weighted by molar-refractivity contribution is 0.204. The van der Waals surface area contributed by atoms with Gasteiger partial charge in [0, 0.05) is 19.3 Å². The van der Waals surface area contributed by atoms with E-state index in [1.54, 1.807) is 0 Å². The predicted octanol–water partition coefficient (Wildman–Crippen LogP) is -0.773. The summed E-state index contributed by atoms with van der Waals surface area (Å²) in [5.41, 5.74) is 0.220. The van der Waals surface area contributed by atoms with Gasteiger partial charge >= 0.3 is 0 Å². The van der Waals surface area contributed by atoms with Crippen LogP contribution in [-0.2, 0) is 25.0 Å². The van der Waals surface area contributed by atoms with Crippen LogP contribution in [0.15, 0.2) is 29.2 Å². The molecule has 8 nitrogen and oxygen atoms in total. The Bertz CT molecular complexity index is 610. The van der Waals surface area contributed by atoms with Crippen LogP contribution in [0.5, 0.6) is 0 Å². The minimum absolute atomic E-state index is 0.0946. The van der Waals surface area contributed by atoms with Crippen molar-refractivity contribution in [1.29, 1.82) is 0 Å². The van der Waals surface area contributed by atoms with E-state index in [9.17, 15) is 16.8 Å². The van der Waals surface area contributed by atoms with Crippen molar-refractivity contribution in [2.24, 2.45) is 5.14 Å². The zero-order valence-corrected chi connectivity index (χ0v) is 11.8. The highest BCUT2D eigenvalue weighted by Crippen LogP contribution is 2.13. The van der Waals surface area contributed by atoms with E-state index in [-0.39, 0.29) is 23.7 Å². The molecule has 0 fully saturated rings. The predicted molar refractivity (Wildman–Crippen MR) is 70.2 cm³/mol. The number of ether oxygens (including phenoxy) is 1. The fourth-order valence-electron chi connectivity index (χ4n) is 1.18. The van der Waals surface area contributed by atoms with Crippen LogP contribution in [0.25, 0.3) is 0 Å². The fourth-order valence-corrected chi connectivity index (χ4v) is 2.57. The third-order valence-electron chi connectivity index (χ3n) is 2.03. The van der Waals surface area contributed by atoms with E-state index in [4.69, 9.17) is 9.88 Å². The summed E-state index contributed by atoms with van der Waals surface area (Å²) >= 11 is 0. The monoisotopic (exact) mass is 309 g/mol. The summed E-state index contributed by atoms with van der Waals surface area (Å²) in [7, 11) is -6.05. The number of methoxy groups -OCH3 is 1. The maximum atomic E-state index is 11.5. The number of hydrogen-bond acceptors (Lipinski definition) is 5. The standard InChI is InChI=1S/C9H15N3O5S2/c1-17-7-6-11-19(15,16)12-8-2-4-9(5-3-8)18(10,13)14/h2-5,11-12H,6-7H2,1H3,(H2,10,13,14). The zero-order valence-electron chi connectivity index (χ0n) is 10.2. The third-order valence-corrected chi connectivity index (χ3v) is 4.05. The van der Waals surface area contributed by atoms with Crippen molar-refractivity contribution < 1.29 is 21.6 Å². The molecule has 0 bridgehead atoms. The molecule has 1 rings (SSSR count). The van der Waals surface area contributed by atoms with Gasteiger partial charge in [-0.1, -0.05) is 0 Å². The normalized spacial score (nSPS) is 12.3.